The summed E-state index contributed by atoms with van der Waals surface area (Å²) in [6.45, 7) is 0. The van der Waals surface area contributed by atoms with Crippen LogP contribution in [-0.2, 0) is 0 Å². The van der Waals surface area contributed by atoms with E-state index in [2.05, 4.69) is 4.72 Å². The number of hydrogen-bond acceptors (Lipinski definition) is 4. The minimum absolute atomic E-state index is 0. The molecule has 50 valence electrons. The van der Waals surface area contributed by atoms with E-state index in [-0.39, 0.29) is 6.15 Å². The lowest BCUT2D eigenvalue weighted by Crippen LogP contribution is -2.09. The first kappa shape index (κ1) is 10.8. The number of hydrogen-bond donors (Lipinski definition) is 3. The smallest absolute Gasteiger partial charge is 0.415 e. The van der Waals surface area contributed by atoms with Crippen LogP contribution in [-0.4, -0.2) is 17.5 Å². The van der Waals surface area contributed by atoms with Crippen molar-refractivity contribution in [3.8, 4) is 0 Å². The molecule has 0 atom stereocenters. The molecule has 6 heteroatoms. The van der Waals surface area contributed by atoms with Crippen molar-refractivity contribution < 1.29 is 9.90 Å². The molecule has 0 aromatic heterocycles. The molecule has 0 aliphatic heterocycles. The average Bonchev–Trinajstić information content (AvgIpc) is 1.61. The van der Waals surface area contributed by atoms with Gasteiger partial charge in [-0.05, 0) is 6.26 Å². The topological polar surface area (TPSA) is 84.3 Å². The van der Waals surface area contributed by atoms with Crippen LogP contribution in [0.25, 0.3) is 0 Å². The molecule has 4 nitrogen and oxygen atoms in total. The number of amides is 1. The minimum Gasteiger partial charge on any atom is -0.464 e. The molecule has 5 N–H and O–H groups in total. The number of nitrogens with one attached hydrogen (secondary N) is 1. The lowest BCUT2D eigenvalue weighted by molar-refractivity contribution is 0.202. The van der Waals surface area contributed by atoms with Crippen LogP contribution in [0.4, 0.5) is 4.79 Å². The quantitative estimate of drug-likeness (QED) is 0.415. The van der Waals surface area contributed by atoms with Gasteiger partial charge in [0, 0.05) is 11.0 Å². The average molecular weight is 156 g/mol. The highest BCUT2D eigenvalue weighted by Gasteiger charge is 1.88. The van der Waals surface area contributed by atoms with Crippen molar-refractivity contribution in [2.24, 2.45) is 0 Å². The molecule has 0 radical (unpaired) electrons. The molecule has 8 heavy (non-hydrogen) atoms. The van der Waals surface area contributed by atoms with Crippen LogP contribution in [0.2, 0.25) is 0 Å². The van der Waals surface area contributed by atoms with Crippen LogP contribution in [0.15, 0.2) is 0 Å². The maximum atomic E-state index is 9.61. The van der Waals surface area contributed by atoms with E-state index in [1.165, 1.54) is 10.8 Å². The first-order valence-corrected chi connectivity index (χ1v) is 4.01. The summed E-state index contributed by atoms with van der Waals surface area (Å²) in [5.41, 5.74) is 0. The number of carboxylic acid groups (broad SMARTS) is 1. The molecule has 0 saturated carbocycles. The second-order valence-corrected chi connectivity index (χ2v) is 2.86. The Morgan fingerprint density at radius 2 is 2.25 bits per heavy atom. The maximum absolute atomic E-state index is 9.61. The SMILES string of the molecule is CSSNC(=O)O.N. The molecule has 0 aromatic rings. The molecule has 0 spiro atoms. The molecule has 1 amide bonds. The van der Waals surface area contributed by atoms with Gasteiger partial charge >= 0.3 is 6.09 Å². The molecule has 0 fully saturated rings. The van der Waals surface area contributed by atoms with Crippen LogP contribution in [0, 0.1) is 0 Å². The van der Waals surface area contributed by atoms with Crippen molar-refractivity contribution in [1.29, 1.82) is 0 Å². The third-order valence-electron chi connectivity index (χ3n) is 0.212. The van der Waals surface area contributed by atoms with Gasteiger partial charge in [-0.1, -0.05) is 10.8 Å². The van der Waals surface area contributed by atoms with Crippen molar-refractivity contribution in [3.05, 3.63) is 0 Å². The lowest BCUT2D eigenvalue weighted by atomic mass is 11.3. The number of carbonyl (C=O) groups is 1. The lowest BCUT2D eigenvalue weighted by Gasteiger charge is -1.89. The Labute approximate surface area is 55.5 Å². The van der Waals surface area contributed by atoms with Gasteiger partial charge in [-0.25, -0.2) is 4.79 Å². The Balaban J connectivity index is 0. The highest BCUT2D eigenvalue weighted by atomic mass is 33.1. The van der Waals surface area contributed by atoms with E-state index in [1.54, 1.807) is 6.26 Å². The Morgan fingerprint density at radius 1 is 1.75 bits per heavy atom. The van der Waals surface area contributed by atoms with Gasteiger partial charge in [0.1, 0.15) is 0 Å². The van der Waals surface area contributed by atoms with E-state index < -0.39 is 6.09 Å². The second kappa shape index (κ2) is 6.93. The van der Waals surface area contributed by atoms with Crippen molar-refractivity contribution in [1.82, 2.24) is 10.9 Å². The van der Waals surface area contributed by atoms with Crippen LogP contribution >= 0.6 is 21.8 Å². The largest absolute Gasteiger partial charge is 0.464 e. The fraction of sp³-hybridized carbons (Fsp3) is 0.500. The Hall–Kier alpha value is -0.0700. The van der Waals surface area contributed by atoms with Crippen LogP contribution in [0.3, 0.4) is 0 Å². The van der Waals surface area contributed by atoms with Gasteiger partial charge in [0.2, 0.25) is 0 Å². The van der Waals surface area contributed by atoms with Gasteiger partial charge in [-0.15, -0.1) is 0 Å². The Kier molecular flexibility index (Phi) is 9.38. The normalized spacial score (nSPS) is 7.12. The second-order valence-electron chi connectivity index (χ2n) is 0.657. The summed E-state index contributed by atoms with van der Waals surface area (Å²) in [6.07, 6.45) is 0.792. The zero-order valence-electron chi connectivity index (χ0n) is 4.38. The fourth-order valence-electron chi connectivity index (χ4n) is 0.0773. The first-order chi connectivity index (χ1) is 3.27. The van der Waals surface area contributed by atoms with Crippen LogP contribution in [0.1, 0.15) is 0 Å². The van der Waals surface area contributed by atoms with Gasteiger partial charge in [0.05, 0.1) is 0 Å². The predicted octanol–water partition coefficient (Wildman–Crippen LogP) is 1.34. The highest BCUT2D eigenvalue weighted by Crippen LogP contribution is 2.10. The molecular formula is C2H8N2O2S2. The molecule has 0 aliphatic carbocycles. The zero-order chi connectivity index (χ0) is 5.70. The highest BCUT2D eigenvalue weighted by molar-refractivity contribution is 8.75. The van der Waals surface area contributed by atoms with Gasteiger partial charge in [-0.2, -0.15) is 0 Å². The summed E-state index contributed by atoms with van der Waals surface area (Å²) in [7, 11) is 2.44. The molecule has 0 unspecified atom stereocenters. The summed E-state index contributed by atoms with van der Waals surface area (Å²) in [5, 5.41) is 7.90. The zero-order valence-corrected chi connectivity index (χ0v) is 6.01. The van der Waals surface area contributed by atoms with Gasteiger partial charge in [-0.3, -0.25) is 4.72 Å². The van der Waals surface area contributed by atoms with Gasteiger partial charge in [0.15, 0.2) is 0 Å². The fourth-order valence-corrected chi connectivity index (χ4v) is 0.696. The van der Waals surface area contributed by atoms with Crippen molar-refractivity contribution >= 4 is 27.9 Å². The molecule has 0 rings (SSSR count). The molecule has 0 heterocycles. The molecular weight excluding hydrogens is 148 g/mol. The van der Waals surface area contributed by atoms with Crippen molar-refractivity contribution in [2.75, 3.05) is 6.26 Å². The molecule has 0 aromatic carbocycles. The van der Waals surface area contributed by atoms with E-state index >= 15 is 0 Å². The standard InChI is InChI=1S/C2H5NO2S2.H3N/c1-6-7-3-2(4)5;/h3H,1H3,(H,4,5);1H3. The molecule has 0 bridgehead atoms. The minimum atomic E-state index is -1.00. The van der Waals surface area contributed by atoms with Crippen molar-refractivity contribution in [2.45, 2.75) is 0 Å². The Bertz CT molecular complexity index is 69.1. The predicted molar refractivity (Wildman–Crippen MR) is 37.3 cm³/mol. The van der Waals surface area contributed by atoms with Crippen LogP contribution < -0.4 is 10.9 Å². The van der Waals surface area contributed by atoms with Crippen LogP contribution in [0.5, 0.6) is 0 Å². The monoisotopic (exact) mass is 156 g/mol. The summed E-state index contributed by atoms with van der Waals surface area (Å²) >= 11 is 0. The third-order valence-corrected chi connectivity index (χ3v) is 1.39. The van der Waals surface area contributed by atoms with E-state index in [9.17, 15) is 4.79 Å². The molecule has 0 aliphatic rings. The van der Waals surface area contributed by atoms with Crippen molar-refractivity contribution in [3.63, 3.8) is 0 Å². The number of rotatable bonds is 2. The van der Waals surface area contributed by atoms with E-state index in [0.29, 0.717) is 0 Å². The summed E-state index contributed by atoms with van der Waals surface area (Å²) < 4.78 is 2.09. The van der Waals surface area contributed by atoms with E-state index in [1.807, 2.05) is 0 Å². The molecule has 0 saturated heterocycles. The van der Waals surface area contributed by atoms with E-state index in [4.69, 9.17) is 5.11 Å². The summed E-state index contributed by atoms with van der Waals surface area (Å²) in [5.74, 6) is 0. The van der Waals surface area contributed by atoms with Gasteiger partial charge < -0.3 is 11.3 Å². The summed E-state index contributed by atoms with van der Waals surface area (Å²) in [6, 6.07) is 0. The summed E-state index contributed by atoms with van der Waals surface area (Å²) in [4.78, 5) is 9.61. The van der Waals surface area contributed by atoms with Gasteiger partial charge in [0.25, 0.3) is 0 Å². The maximum Gasteiger partial charge on any atom is 0.415 e. The third kappa shape index (κ3) is 9.33. The van der Waals surface area contributed by atoms with E-state index in [0.717, 1.165) is 11.0 Å². The first-order valence-electron chi connectivity index (χ1n) is 1.46. The Morgan fingerprint density at radius 3 is 2.38 bits per heavy atom.